The predicted molar refractivity (Wildman–Crippen MR) is 239 cm³/mol. The number of aryl methyl sites for hydroxylation is 1. The second-order valence-electron chi connectivity index (χ2n) is 15.3. The lowest BCUT2D eigenvalue weighted by molar-refractivity contribution is -0.245. The number of hydrogen-bond acceptors (Lipinski definition) is 11. The molecule has 1 aliphatic rings. The largest absolute Gasteiger partial charge is 0.508 e. The molecule has 0 bridgehead atoms. The van der Waals surface area contributed by atoms with Crippen molar-refractivity contribution < 1.29 is 32.9 Å². The molecule has 0 spiro atoms. The maximum atomic E-state index is 13.8. The van der Waals surface area contributed by atoms with E-state index in [2.05, 4.69) is 25.6 Å². The van der Waals surface area contributed by atoms with Crippen molar-refractivity contribution in [2.45, 2.75) is 67.5 Å². The topological polar surface area (TPSA) is 178 Å². The van der Waals surface area contributed by atoms with E-state index >= 15 is 0 Å². The summed E-state index contributed by atoms with van der Waals surface area (Å²) in [5.74, 6) is 0.226. The standard InChI is InChI=1S/C48H46N6O7S2/c1-32-13-23-43(24-14-32)63(58,59)51-44(26-33-7-3-2-4-8-33)46(57)49-29-35-9-5-10-37(25-35)38-11-6-12-39(27-38)47-60-42(28-45(61-47)36-17-15-34(30-55)16-18-36)31-62-48-50-52-53-54(48)40-19-21-41(56)22-20-40/h2-25,27,42,44-45,47,51,55-56H,26,28-31H2,1H3,(H,49,57). The van der Waals surface area contributed by atoms with Crippen molar-refractivity contribution in [3.63, 3.8) is 0 Å². The molecule has 4 N–H and O–H groups in total. The van der Waals surface area contributed by atoms with Crippen LogP contribution < -0.4 is 10.0 Å². The van der Waals surface area contributed by atoms with Crippen molar-refractivity contribution in [3.05, 3.63) is 185 Å². The number of phenolic OH excluding ortho intramolecular Hbond substituents is 1. The number of hydrogen-bond donors (Lipinski definition) is 4. The third-order valence-electron chi connectivity index (χ3n) is 10.7. The Morgan fingerprint density at radius 1 is 0.810 bits per heavy atom. The summed E-state index contributed by atoms with van der Waals surface area (Å²) in [7, 11) is -3.99. The second kappa shape index (κ2) is 19.9. The number of aromatic nitrogens is 4. The van der Waals surface area contributed by atoms with Gasteiger partial charge in [0.1, 0.15) is 11.8 Å². The molecule has 8 rings (SSSR count). The molecule has 4 atom stereocenters. The van der Waals surface area contributed by atoms with Gasteiger partial charge in [0.25, 0.3) is 0 Å². The van der Waals surface area contributed by atoms with E-state index in [0.717, 1.165) is 44.5 Å². The van der Waals surface area contributed by atoms with Crippen LogP contribution in [0, 0.1) is 6.92 Å². The summed E-state index contributed by atoms with van der Waals surface area (Å²) < 4.78 is 44.4. The molecule has 2 heterocycles. The maximum Gasteiger partial charge on any atom is 0.241 e. The summed E-state index contributed by atoms with van der Waals surface area (Å²) in [4.78, 5) is 13.8. The molecule has 1 fully saturated rings. The molecule has 4 unspecified atom stereocenters. The van der Waals surface area contributed by atoms with Gasteiger partial charge in [-0.05, 0) is 106 Å². The Hall–Kier alpha value is -6.20. The Labute approximate surface area is 370 Å². The minimum Gasteiger partial charge on any atom is -0.508 e. The van der Waals surface area contributed by atoms with Gasteiger partial charge in [0.05, 0.1) is 29.4 Å². The summed E-state index contributed by atoms with van der Waals surface area (Å²) >= 11 is 1.46. The fourth-order valence-electron chi connectivity index (χ4n) is 7.26. The first-order valence-corrected chi connectivity index (χ1v) is 22.9. The average molecular weight is 883 g/mol. The smallest absolute Gasteiger partial charge is 0.241 e. The summed E-state index contributed by atoms with van der Waals surface area (Å²) in [5.41, 5.74) is 7.69. The van der Waals surface area contributed by atoms with Gasteiger partial charge in [-0.2, -0.15) is 9.40 Å². The number of phenols is 1. The van der Waals surface area contributed by atoms with Gasteiger partial charge in [-0.15, -0.1) is 5.10 Å². The number of aliphatic hydroxyl groups is 1. The lowest BCUT2D eigenvalue weighted by Crippen LogP contribution is -2.47. The van der Waals surface area contributed by atoms with Crippen LogP contribution in [0.3, 0.4) is 0 Å². The number of benzene rings is 6. The lowest BCUT2D eigenvalue weighted by atomic mass is 9.99. The molecular weight excluding hydrogens is 837 g/mol. The van der Waals surface area contributed by atoms with Crippen molar-refractivity contribution in [3.8, 4) is 22.6 Å². The molecular formula is C48H46N6O7S2. The van der Waals surface area contributed by atoms with Crippen molar-refractivity contribution in [2.24, 2.45) is 0 Å². The Morgan fingerprint density at radius 2 is 1.52 bits per heavy atom. The van der Waals surface area contributed by atoms with Crippen LogP contribution >= 0.6 is 11.8 Å². The number of ether oxygens (including phenoxy) is 2. The van der Waals surface area contributed by atoms with Crippen LogP contribution in [0.5, 0.6) is 5.75 Å². The number of aromatic hydroxyl groups is 1. The predicted octanol–water partition coefficient (Wildman–Crippen LogP) is 7.38. The molecule has 6 aromatic carbocycles. The van der Waals surface area contributed by atoms with E-state index in [9.17, 15) is 23.4 Å². The van der Waals surface area contributed by atoms with Crippen molar-refractivity contribution >= 4 is 27.7 Å². The number of tetrazole rings is 1. The molecule has 13 nitrogen and oxygen atoms in total. The molecule has 63 heavy (non-hydrogen) atoms. The van der Waals surface area contributed by atoms with Crippen LogP contribution in [0.15, 0.2) is 162 Å². The van der Waals surface area contributed by atoms with Gasteiger partial charge in [0.15, 0.2) is 6.29 Å². The highest BCUT2D eigenvalue weighted by atomic mass is 32.2. The number of nitrogens with one attached hydrogen (secondary N) is 2. The van der Waals surface area contributed by atoms with E-state index < -0.39 is 28.3 Å². The maximum absolute atomic E-state index is 13.8. The molecule has 0 saturated carbocycles. The summed E-state index contributed by atoms with van der Waals surface area (Å²) in [6.45, 7) is 1.99. The van der Waals surface area contributed by atoms with Gasteiger partial charge in [-0.25, -0.2) is 8.42 Å². The zero-order valence-electron chi connectivity index (χ0n) is 34.3. The number of nitrogens with zero attached hydrogens (tertiary/aromatic N) is 4. The number of carbonyl (C=O) groups excluding carboxylic acids is 1. The van der Waals surface area contributed by atoms with Gasteiger partial charge < -0.3 is 25.0 Å². The molecule has 0 aliphatic carbocycles. The van der Waals surface area contributed by atoms with Gasteiger partial charge in [0.2, 0.25) is 21.1 Å². The number of amides is 1. The van der Waals surface area contributed by atoms with Crippen molar-refractivity contribution in [1.82, 2.24) is 30.2 Å². The average Bonchev–Trinajstić information content (AvgIpc) is 3.79. The highest BCUT2D eigenvalue weighted by Crippen LogP contribution is 2.40. The molecule has 1 aliphatic heterocycles. The van der Waals surface area contributed by atoms with Gasteiger partial charge in [0, 0.05) is 24.3 Å². The molecule has 1 saturated heterocycles. The van der Waals surface area contributed by atoms with Crippen LogP contribution in [0.4, 0.5) is 0 Å². The lowest BCUT2D eigenvalue weighted by Gasteiger charge is -2.36. The van der Waals surface area contributed by atoms with E-state index in [4.69, 9.17) is 9.47 Å². The minimum atomic E-state index is -3.99. The molecule has 7 aromatic rings. The van der Waals surface area contributed by atoms with Crippen LogP contribution in [0.25, 0.3) is 16.8 Å². The van der Waals surface area contributed by atoms with Crippen molar-refractivity contribution in [2.75, 3.05) is 5.75 Å². The second-order valence-corrected chi connectivity index (χ2v) is 18.0. The molecule has 1 amide bonds. The number of carbonyl (C=O) groups is 1. The quantitative estimate of drug-likeness (QED) is 0.0713. The fourth-order valence-corrected chi connectivity index (χ4v) is 9.37. The third kappa shape index (κ3) is 11.1. The van der Waals surface area contributed by atoms with Crippen molar-refractivity contribution in [1.29, 1.82) is 0 Å². The van der Waals surface area contributed by atoms with Crippen LogP contribution in [-0.4, -0.2) is 62.6 Å². The van der Waals surface area contributed by atoms with Gasteiger partial charge >= 0.3 is 0 Å². The highest BCUT2D eigenvalue weighted by molar-refractivity contribution is 7.99. The molecule has 322 valence electrons. The first kappa shape index (κ1) is 43.4. The summed E-state index contributed by atoms with van der Waals surface area (Å²) in [6.07, 6.45) is -0.548. The van der Waals surface area contributed by atoms with E-state index in [1.807, 2.05) is 110 Å². The number of rotatable bonds is 16. The molecule has 15 heteroatoms. The van der Waals surface area contributed by atoms with E-state index in [0.29, 0.717) is 23.0 Å². The van der Waals surface area contributed by atoms with Crippen LogP contribution in [0.2, 0.25) is 0 Å². The van der Waals surface area contributed by atoms with Gasteiger partial charge in [-0.3, -0.25) is 4.79 Å². The SMILES string of the molecule is Cc1ccc(S(=O)(=O)NC(Cc2ccccc2)C(=O)NCc2cccc(-c3cccc(C4OC(CSc5nnnn5-c5ccc(O)cc5)CC(c5ccc(CO)cc5)O4)c3)c2)cc1. The normalized spacial score (nSPS) is 17.0. The van der Waals surface area contributed by atoms with Crippen LogP contribution in [0.1, 0.15) is 52.2 Å². The Balaban J connectivity index is 0.982. The Bertz CT molecular complexity index is 2740. The number of sulfonamides is 1. The fraction of sp³-hybridized carbons (Fsp3) is 0.208. The molecule has 0 radical (unpaired) electrons. The highest BCUT2D eigenvalue weighted by Gasteiger charge is 2.33. The van der Waals surface area contributed by atoms with Crippen LogP contribution in [-0.2, 0) is 43.9 Å². The monoisotopic (exact) mass is 882 g/mol. The minimum absolute atomic E-state index is 0.0578. The Morgan fingerprint density at radius 3 is 2.27 bits per heavy atom. The summed E-state index contributed by atoms with van der Waals surface area (Å²) in [6, 6.07) is 44.9. The molecule has 1 aromatic heterocycles. The summed E-state index contributed by atoms with van der Waals surface area (Å²) in [5, 5.41) is 35.3. The first-order valence-electron chi connectivity index (χ1n) is 20.4. The van der Waals surface area contributed by atoms with E-state index in [-0.39, 0.29) is 42.4 Å². The Kier molecular flexibility index (Phi) is 13.7. The zero-order chi connectivity index (χ0) is 43.8. The third-order valence-corrected chi connectivity index (χ3v) is 13.2. The van der Waals surface area contributed by atoms with Gasteiger partial charge in [-0.1, -0.05) is 120 Å². The number of thioether (sulfide) groups is 1. The zero-order valence-corrected chi connectivity index (χ0v) is 36.0. The van der Waals surface area contributed by atoms with E-state index in [1.54, 1.807) is 41.1 Å². The first-order chi connectivity index (χ1) is 30.6. The van der Waals surface area contributed by atoms with E-state index in [1.165, 1.54) is 23.9 Å². The number of aliphatic hydroxyl groups excluding tert-OH is 1.